The normalized spacial score (nSPS) is 18.6. The van der Waals surface area contributed by atoms with Crippen molar-refractivity contribution in [2.24, 2.45) is 0 Å². The molecular weight excluding hydrogens is 246 g/mol. The zero-order valence-corrected chi connectivity index (χ0v) is 13.5. The SMILES string of the molecule is CCNC(Cc1ccc(C)c(C)c1)CC1(OC)CCC1. The van der Waals surface area contributed by atoms with Crippen molar-refractivity contribution < 1.29 is 4.74 Å². The first-order chi connectivity index (χ1) is 9.58. The fraction of sp³-hybridized carbons (Fsp3) is 0.667. The molecule has 0 radical (unpaired) electrons. The summed E-state index contributed by atoms with van der Waals surface area (Å²) in [4.78, 5) is 0. The maximum absolute atomic E-state index is 5.79. The molecule has 1 atom stereocenters. The van der Waals surface area contributed by atoms with E-state index >= 15 is 0 Å². The summed E-state index contributed by atoms with van der Waals surface area (Å²) < 4.78 is 5.79. The highest BCUT2D eigenvalue weighted by molar-refractivity contribution is 5.30. The third-order valence-corrected chi connectivity index (χ3v) is 4.86. The number of hydrogen-bond acceptors (Lipinski definition) is 2. The molecular formula is C18H29NO. The van der Waals surface area contributed by atoms with Crippen molar-refractivity contribution >= 4 is 0 Å². The minimum absolute atomic E-state index is 0.145. The standard InChI is InChI=1S/C18H29NO/c1-5-19-17(13-18(20-4)9-6-10-18)12-16-8-7-14(2)15(3)11-16/h7-8,11,17,19H,5-6,9-10,12-13H2,1-4H3. The van der Waals surface area contributed by atoms with Gasteiger partial charge in [0.15, 0.2) is 0 Å². The van der Waals surface area contributed by atoms with Crippen molar-refractivity contribution in [2.45, 2.75) is 64.5 Å². The number of nitrogens with one attached hydrogen (secondary N) is 1. The van der Waals surface area contributed by atoms with E-state index in [9.17, 15) is 0 Å². The van der Waals surface area contributed by atoms with Crippen LogP contribution in [0.5, 0.6) is 0 Å². The molecule has 0 amide bonds. The smallest absolute Gasteiger partial charge is 0.0693 e. The molecule has 1 N–H and O–H groups in total. The number of aryl methyl sites for hydroxylation is 2. The highest BCUT2D eigenvalue weighted by Crippen LogP contribution is 2.39. The van der Waals surface area contributed by atoms with Crippen molar-refractivity contribution in [1.82, 2.24) is 5.32 Å². The van der Waals surface area contributed by atoms with Crippen LogP contribution < -0.4 is 5.32 Å². The van der Waals surface area contributed by atoms with Gasteiger partial charge < -0.3 is 10.1 Å². The second-order valence-corrected chi connectivity index (χ2v) is 6.32. The molecule has 1 aliphatic carbocycles. The first-order valence-corrected chi connectivity index (χ1v) is 7.93. The van der Waals surface area contributed by atoms with Gasteiger partial charge in [0.05, 0.1) is 5.60 Å². The van der Waals surface area contributed by atoms with Crippen LogP contribution in [0.2, 0.25) is 0 Å². The number of likely N-dealkylation sites (N-methyl/N-ethyl adjacent to an activating group) is 1. The van der Waals surface area contributed by atoms with Gasteiger partial charge in [-0.25, -0.2) is 0 Å². The summed E-state index contributed by atoms with van der Waals surface area (Å²) in [5.41, 5.74) is 4.35. The van der Waals surface area contributed by atoms with Gasteiger partial charge in [-0.15, -0.1) is 0 Å². The third kappa shape index (κ3) is 3.62. The van der Waals surface area contributed by atoms with E-state index in [-0.39, 0.29) is 5.60 Å². The summed E-state index contributed by atoms with van der Waals surface area (Å²) in [7, 11) is 1.87. The van der Waals surface area contributed by atoms with Gasteiger partial charge in [-0.1, -0.05) is 25.1 Å². The summed E-state index contributed by atoms with van der Waals surface area (Å²) in [5.74, 6) is 0. The van der Waals surface area contributed by atoms with Crippen molar-refractivity contribution in [3.63, 3.8) is 0 Å². The first-order valence-electron chi connectivity index (χ1n) is 7.93. The summed E-state index contributed by atoms with van der Waals surface area (Å²) in [6.07, 6.45) is 5.98. The van der Waals surface area contributed by atoms with E-state index in [0.717, 1.165) is 19.4 Å². The van der Waals surface area contributed by atoms with Gasteiger partial charge in [-0.3, -0.25) is 0 Å². The molecule has 112 valence electrons. The fourth-order valence-electron chi connectivity index (χ4n) is 3.23. The molecule has 1 aromatic carbocycles. The molecule has 1 aliphatic rings. The van der Waals surface area contributed by atoms with Crippen molar-refractivity contribution in [3.8, 4) is 0 Å². The number of benzene rings is 1. The first kappa shape index (κ1) is 15.5. The summed E-state index contributed by atoms with van der Waals surface area (Å²) >= 11 is 0. The molecule has 1 unspecified atom stereocenters. The predicted octanol–water partition coefficient (Wildman–Crippen LogP) is 3.78. The van der Waals surface area contributed by atoms with Gasteiger partial charge in [0.2, 0.25) is 0 Å². The lowest BCUT2D eigenvalue weighted by Crippen LogP contribution is -2.46. The summed E-state index contributed by atoms with van der Waals surface area (Å²) in [6.45, 7) is 7.59. The van der Waals surface area contributed by atoms with E-state index in [2.05, 4.69) is 44.3 Å². The Kier molecular flexibility index (Phi) is 5.22. The number of rotatable bonds is 7. The lowest BCUT2D eigenvalue weighted by molar-refractivity contribution is -0.0833. The molecule has 1 saturated carbocycles. The number of methoxy groups -OCH3 is 1. The lowest BCUT2D eigenvalue weighted by Gasteiger charge is -2.43. The monoisotopic (exact) mass is 275 g/mol. The summed E-state index contributed by atoms with van der Waals surface area (Å²) in [6, 6.07) is 7.36. The lowest BCUT2D eigenvalue weighted by atomic mass is 9.75. The molecule has 0 saturated heterocycles. The third-order valence-electron chi connectivity index (χ3n) is 4.86. The van der Waals surface area contributed by atoms with Crippen LogP contribution in [0.1, 0.15) is 49.3 Å². The van der Waals surface area contributed by atoms with Gasteiger partial charge in [0.25, 0.3) is 0 Å². The quantitative estimate of drug-likeness (QED) is 0.817. The van der Waals surface area contributed by atoms with Crippen LogP contribution in [0.15, 0.2) is 18.2 Å². The summed E-state index contributed by atoms with van der Waals surface area (Å²) in [5, 5.41) is 3.64. The van der Waals surface area contributed by atoms with Crippen LogP contribution in [0.3, 0.4) is 0 Å². The molecule has 2 heteroatoms. The minimum Gasteiger partial charge on any atom is -0.378 e. The van der Waals surface area contributed by atoms with Gasteiger partial charge in [0.1, 0.15) is 0 Å². The second kappa shape index (κ2) is 6.73. The average molecular weight is 275 g/mol. The van der Waals surface area contributed by atoms with E-state index in [1.165, 1.54) is 36.0 Å². The van der Waals surface area contributed by atoms with Crippen molar-refractivity contribution in [2.75, 3.05) is 13.7 Å². The zero-order valence-electron chi connectivity index (χ0n) is 13.5. The van der Waals surface area contributed by atoms with E-state index in [1.807, 2.05) is 7.11 Å². The Morgan fingerprint density at radius 1 is 1.25 bits per heavy atom. The number of hydrogen-bond donors (Lipinski definition) is 1. The minimum atomic E-state index is 0.145. The van der Waals surface area contributed by atoms with Gasteiger partial charge in [0, 0.05) is 13.2 Å². The maximum atomic E-state index is 5.79. The molecule has 0 aromatic heterocycles. The fourth-order valence-corrected chi connectivity index (χ4v) is 3.23. The highest BCUT2D eigenvalue weighted by atomic mass is 16.5. The van der Waals surface area contributed by atoms with Crippen LogP contribution in [-0.2, 0) is 11.2 Å². The van der Waals surface area contributed by atoms with Gasteiger partial charge >= 0.3 is 0 Å². The van der Waals surface area contributed by atoms with Crippen LogP contribution in [0.4, 0.5) is 0 Å². The van der Waals surface area contributed by atoms with E-state index in [1.54, 1.807) is 0 Å². The Morgan fingerprint density at radius 2 is 2.00 bits per heavy atom. The van der Waals surface area contributed by atoms with E-state index in [4.69, 9.17) is 4.74 Å². The van der Waals surface area contributed by atoms with E-state index < -0.39 is 0 Å². The maximum Gasteiger partial charge on any atom is 0.0693 e. The molecule has 1 fully saturated rings. The Bertz CT molecular complexity index is 432. The molecule has 20 heavy (non-hydrogen) atoms. The van der Waals surface area contributed by atoms with Crippen molar-refractivity contribution in [3.05, 3.63) is 34.9 Å². The van der Waals surface area contributed by atoms with Crippen LogP contribution >= 0.6 is 0 Å². The molecule has 0 bridgehead atoms. The molecule has 2 nitrogen and oxygen atoms in total. The molecule has 0 heterocycles. The molecule has 0 aliphatic heterocycles. The second-order valence-electron chi connectivity index (χ2n) is 6.32. The van der Waals surface area contributed by atoms with E-state index in [0.29, 0.717) is 6.04 Å². The Hall–Kier alpha value is -0.860. The van der Waals surface area contributed by atoms with Crippen LogP contribution in [0, 0.1) is 13.8 Å². The Morgan fingerprint density at radius 3 is 2.50 bits per heavy atom. The highest BCUT2D eigenvalue weighted by Gasteiger charge is 2.38. The molecule has 0 spiro atoms. The Balaban J connectivity index is 2.02. The topological polar surface area (TPSA) is 21.3 Å². The molecule has 2 rings (SSSR count). The largest absolute Gasteiger partial charge is 0.378 e. The van der Waals surface area contributed by atoms with Crippen molar-refractivity contribution in [1.29, 1.82) is 0 Å². The predicted molar refractivity (Wildman–Crippen MR) is 85.3 cm³/mol. The van der Waals surface area contributed by atoms with Crippen LogP contribution in [-0.4, -0.2) is 25.3 Å². The number of ether oxygens (including phenoxy) is 1. The van der Waals surface area contributed by atoms with Gasteiger partial charge in [-0.2, -0.15) is 0 Å². The average Bonchev–Trinajstić information content (AvgIpc) is 2.38. The molecule has 1 aromatic rings. The van der Waals surface area contributed by atoms with Gasteiger partial charge in [-0.05, 0) is 69.2 Å². The Labute approximate surface area is 123 Å². The zero-order chi connectivity index (χ0) is 14.6. The van der Waals surface area contributed by atoms with Crippen LogP contribution in [0.25, 0.3) is 0 Å².